The van der Waals surface area contributed by atoms with E-state index in [2.05, 4.69) is 48.5 Å². The molecule has 3 heteroatoms. The van der Waals surface area contributed by atoms with E-state index in [0.717, 1.165) is 19.5 Å². The third-order valence-electron chi connectivity index (χ3n) is 5.16. The fourth-order valence-electron chi connectivity index (χ4n) is 3.84. The summed E-state index contributed by atoms with van der Waals surface area (Å²) < 4.78 is 5.38. The van der Waals surface area contributed by atoms with Crippen LogP contribution in [0.2, 0.25) is 0 Å². The highest BCUT2D eigenvalue weighted by molar-refractivity contribution is 5.86. The number of rotatable bonds is 3. The van der Waals surface area contributed by atoms with Crippen molar-refractivity contribution in [1.82, 2.24) is 4.90 Å². The average Bonchev–Trinajstić information content (AvgIpc) is 3.40. The Bertz CT molecular complexity index is 638. The van der Waals surface area contributed by atoms with Gasteiger partial charge in [-0.05, 0) is 17.5 Å². The van der Waals surface area contributed by atoms with Crippen molar-refractivity contribution in [2.24, 2.45) is 5.92 Å². The molecule has 2 aliphatic rings. The highest BCUT2D eigenvalue weighted by atomic mass is 16.5. The first-order valence-electron chi connectivity index (χ1n) is 8.30. The van der Waals surface area contributed by atoms with Gasteiger partial charge in [0.15, 0.2) is 0 Å². The summed E-state index contributed by atoms with van der Waals surface area (Å²) in [7, 11) is 0. The third-order valence-corrected chi connectivity index (χ3v) is 5.16. The van der Waals surface area contributed by atoms with Crippen LogP contribution in [-0.2, 0) is 14.9 Å². The second kappa shape index (κ2) is 5.82. The van der Waals surface area contributed by atoms with Crippen LogP contribution in [0.1, 0.15) is 17.5 Å². The molecular weight excluding hydrogens is 286 g/mol. The van der Waals surface area contributed by atoms with Gasteiger partial charge in [-0.1, -0.05) is 60.7 Å². The fourth-order valence-corrected chi connectivity index (χ4v) is 3.84. The van der Waals surface area contributed by atoms with Gasteiger partial charge < -0.3 is 9.64 Å². The number of carbonyl (C=O) groups is 1. The van der Waals surface area contributed by atoms with E-state index in [-0.39, 0.29) is 17.2 Å². The van der Waals surface area contributed by atoms with Crippen molar-refractivity contribution in [3.05, 3.63) is 71.8 Å². The van der Waals surface area contributed by atoms with Crippen molar-refractivity contribution in [2.45, 2.75) is 11.8 Å². The SMILES string of the molecule is O=C([C@@H]1CC1(c1ccccc1)c1ccccc1)N1CCOCC1. The van der Waals surface area contributed by atoms with Gasteiger partial charge in [0, 0.05) is 18.5 Å². The topological polar surface area (TPSA) is 29.5 Å². The van der Waals surface area contributed by atoms with Crippen molar-refractivity contribution >= 4 is 5.91 Å². The van der Waals surface area contributed by atoms with Crippen LogP contribution in [0, 0.1) is 5.92 Å². The third kappa shape index (κ3) is 2.45. The molecule has 0 unspecified atom stereocenters. The summed E-state index contributed by atoms with van der Waals surface area (Å²) >= 11 is 0. The van der Waals surface area contributed by atoms with Crippen molar-refractivity contribution in [2.75, 3.05) is 26.3 Å². The maximum absolute atomic E-state index is 13.0. The quantitative estimate of drug-likeness (QED) is 0.872. The molecule has 1 heterocycles. The van der Waals surface area contributed by atoms with Gasteiger partial charge >= 0.3 is 0 Å². The van der Waals surface area contributed by atoms with Gasteiger partial charge in [0.05, 0.1) is 19.1 Å². The first kappa shape index (κ1) is 14.5. The first-order chi connectivity index (χ1) is 11.3. The van der Waals surface area contributed by atoms with Crippen LogP contribution in [-0.4, -0.2) is 37.1 Å². The minimum atomic E-state index is -0.155. The van der Waals surface area contributed by atoms with E-state index in [1.807, 2.05) is 17.0 Å². The molecule has 23 heavy (non-hydrogen) atoms. The molecule has 4 rings (SSSR count). The molecule has 0 aromatic heterocycles. The standard InChI is InChI=1S/C20H21NO2/c22-19(21-11-13-23-14-12-21)18-15-20(18,16-7-3-1-4-8-16)17-9-5-2-6-10-17/h1-10,18H,11-15H2/t18-/m0/s1. The highest BCUT2D eigenvalue weighted by Gasteiger charge is 2.60. The van der Waals surface area contributed by atoms with E-state index >= 15 is 0 Å². The Kier molecular flexibility index (Phi) is 3.66. The van der Waals surface area contributed by atoms with Gasteiger partial charge in [0.25, 0.3) is 0 Å². The Labute approximate surface area is 136 Å². The Hall–Kier alpha value is -2.13. The molecule has 0 N–H and O–H groups in total. The van der Waals surface area contributed by atoms with Gasteiger partial charge in [0.2, 0.25) is 5.91 Å². The van der Waals surface area contributed by atoms with Gasteiger partial charge in [-0.3, -0.25) is 4.79 Å². The van der Waals surface area contributed by atoms with Gasteiger partial charge in [-0.2, -0.15) is 0 Å². The lowest BCUT2D eigenvalue weighted by Crippen LogP contribution is -2.42. The number of morpholine rings is 1. The Morgan fingerprint density at radius 1 is 0.913 bits per heavy atom. The van der Waals surface area contributed by atoms with Crippen molar-refractivity contribution < 1.29 is 9.53 Å². The van der Waals surface area contributed by atoms with Crippen LogP contribution in [0.4, 0.5) is 0 Å². The lowest BCUT2D eigenvalue weighted by molar-refractivity contribution is -0.137. The molecular formula is C20H21NO2. The molecule has 2 fully saturated rings. The lowest BCUT2D eigenvalue weighted by Gasteiger charge is -2.28. The molecule has 3 nitrogen and oxygen atoms in total. The minimum absolute atomic E-state index is 0.0467. The molecule has 118 valence electrons. The predicted octanol–water partition coefficient (Wildman–Crippen LogP) is 2.85. The maximum Gasteiger partial charge on any atom is 0.227 e. The summed E-state index contributed by atoms with van der Waals surface area (Å²) in [4.78, 5) is 15.0. The van der Waals surface area contributed by atoms with Crippen LogP contribution >= 0.6 is 0 Å². The maximum atomic E-state index is 13.0. The molecule has 2 aromatic carbocycles. The Morgan fingerprint density at radius 3 is 1.96 bits per heavy atom. The summed E-state index contributed by atoms with van der Waals surface area (Å²) in [6, 6.07) is 20.9. The molecule has 1 saturated heterocycles. The molecule has 0 radical (unpaired) electrons. The van der Waals surface area contributed by atoms with Crippen LogP contribution in [0.5, 0.6) is 0 Å². The smallest absolute Gasteiger partial charge is 0.227 e. The van der Waals surface area contributed by atoms with E-state index in [9.17, 15) is 4.79 Å². The summed E-state index contributed by atoms with van der Waals surface area (Å²) in [6.07, 6.45) is 0.900. The minimum Gasteiger partial charge on any atom is -0.378 e. The summed E-state index contributed by atoms with van der Waals surface area (Å²) in [6.45, 7) is 2.74. The van der Waals surface area contributed by atoms with Crippen molar-refractivity contribution in [3.8, 4) is 0 Å². The zero-order chi connectivity index (χ0) is 15.7. The zero-order valence-corrected chi connectivity index (χ0v) is 13.2. The normalized spacial score (nSPS) is 22.6. The molecule has 2 aromatic rings. The second-order valence-electron chi connectivity index (χ2n) is 6.40. The molecule has 1 amide bonds. The fraction of sp³-hybridized carbons (Fsp3) is 0.350. The van der Waals surface area contributed by atoms with E-state index in [4.69, 9.17) is 4.74 Å². The predicted molar refractivity (Wildman–Crippen MR) is 89.2 cm³/mol. The monoisotopic (exact) mass is 307 g/mol. The average molecular weight is 307 g/mol. The Balaban J connectivity index is 1.68. The first-order valence-corrected chi connectivity index (χ1v) is 8.30. The largest absolute Gasteiger partial charge is 0.378 e. The second-order valence-corrected chi connectivity index (χ2v) is 6.40. The van der Waals surface area contributed by atoms with Crippen LogP contribution in [0.25, 0.3) is 0 Å². The molecule has 1 saturated carbocycles. The summed E-state index contributed by atoms with van der Waals surface area (Å²) in [5, 5.41) is 0. The van der Waals surface area contributed by atoms with E-state index in [1.165, 1.54) is 11.1 Å². The lowest BCUT2D eigenvalue weighted by atomic mass is 9.85. The molecule has 1 aliphatic heterocycles. The zero-order valence-electron chi connectivity index (χ0n) is 13.2. The number of carbonyl (C=O) groups excluding carboxylic acids is 1. The number of amides is 1. The molecule has 0 spiro atoms. The van der Waals surface area contributed by atoms with E-state index in [0.29, 0.717) is 13.2 Å². The number of benzene rings is 2. The molecule has 0 bridgehead atoms. The number of hydrogen-bond acceptors (Lipinski definition) is 2. The summed E-state index contributed by atoms with van der Waals surface area (Å²) in [5.41, 5.74) is 2.34. The number of hydrogen-bond donors (Lipinski definition) is 0. The van der Waals surface area contributed by atoms with Gasteiger partial charge in [-0.25, -0.2) is 0 Å². The molecule has 1 atom stereocenters. The van der Waals surface area contributed by atoms with E-state index in [1.54, 1.807) is 0 Å². The summed E-state index contributed by atoms with van der Waals surface area (Å²) in [5.74, 6) is 0.325. The number of ether oxygens (including phenoxy) is 1. The van der Waals surface area contributed by atoms with Crippen LogP contribution in [0.15, 0.2) is 60.7 Å². The molecule has 1 aliphatic carbocycles. The van der Waals surface area contributed by atoms with E-state index < -0.39 is 0 Å². The van der Waals surface area contributed by atoms with Crippen molar-refractivity contribution in [1.29, 1.82) is 0 Å². The van der Waals surface area contributed by atoms with Gasteiger partial charge in [0.1, 0.15) is 0 Å². The highest BCUT2D eigenvalue weighted by Crippen LogP contribution is 2.59. The van der Waals surface area contributed by atoms with Gasteiger partial charge in [-0.15, -0.1) is 0 Å². The van der Waals surface area contributed by atoms with Crippen molar-refractivity contribution in [3.63, 3.8) is 0 Å². The van der Waals surface area contributed by atoms with Crippen LogP contribution in [0.3, 0.4) is 0 Å². The van der Waals surface area contributed by atoms with Crippen LogP contribution < -0.4 is 0 Å². The number of nitrogens with zero attached hydrogens (tertiary/aromatic N) is 1. The Morgan fingerprint density at radius 2 is 1.43 bits per heavy atom.